The summed E-state index contributed by atoms with van der Waals surface area (Å²) >= 11 is 0. The molecule has 0 aliphatic rings. The molecule has 6 nitrogen and oxygen atoms in total. The number of amides is 1. The van der Waals surface area contributed by atoms with Crippen LogP contribution in [0.5, 0.6) is 5.75 Å². The fourth-order valence-corrected chi connectivity index (χ4v) is 3.57. The zero-order valence-corrected chi connectivity index (χ0v) is 18.9. The number of ether oxygens (including phenoxy) is 1. The summed E-state index contributed by atoms with van der Waals surface area (Å²) in [6, 6.07) is 18.9. The smallest absolute Gasteiger partial charge is 0.255 e. The van der Waals surface area contributed by atoms with Crippen molar-refractivity contribution in [2.75, 3.05) is 5.32 Å². The SMILES string of the molecule is Cc1ccc(C(=O)Nc2cccc(OC(C)C)c2)cc1Cc1ncccc1-c1ccncn1. The summed E-state index contributed by atoms with van der Waals surface area (Å²) in [6.07, 6.45) is 5.68. The second-order valence-corrected chi connectivity index (χ2v) is 8.06. The third kappa shape index (κ3) is 5.60. The van der Waals surface area contributed by atoms with Gasteiger partial charge in [0, 0.05) is 41.7 Å². The average molecular weight is 439 g/mol. The van der Waals surface area contributed by atoms with Gasteiger partial charge in [0.25, 0.3) is 5.91 Å². The molecule has 0 aliphatic heterocycles. The van der Waals surface area contributed by atoms with E-state index >= 15 is 0 Å². The number of hydrogen-bond donors (Lipinski definition) is 1. The lowest BCUT2D eigenvalue weighted by atomic mass is 9.97. The van der Waals surface area contributed by atoms with E-state index in [-0.39, 0.29) is 12.0 Å². The average Bonchev–Trinajstić information content (AvgIpc) is 2.81. The first-order valence-electron chi connectivity index (χ1n) is 10.9. The Hall–Kier alpha value is -4.06. The fourth-order valence-electron chi connectivity index (χ4n) is 3.57. The van der Waals surface area contributed by atoms with Gasteiger partial charge in [0.15, 0.2) is 0 Å². The molecule has 0 saturated heterocycles. The van der Waals surface area contributed by atoms with Gasteiger partial charge in [0.05, 0.1) is 17.5 Å². The molecule has 0 fully saturated rings. The van der Waals surface area contributed by atoms with Gasteiger partial charge >= 0.3 is 0 Å². The molecule has 0 aliphatic carbocycles. The van der Waals surface area contributed by atoms with Gasteiger partial charge in [-0.2, -0.15) is 0 Å². The predicted octanol–water partition coefficient (Wildman–Crippen LogP) is 5.48. The zero-order chi connectivity index (χ0) is 23.2. The number of nitrogens with one attached hydrogen (secondary N) is 1. The molecule has 4 rings (SSSR count). The Balaban J connectivity index is 1.56. The van der Waals surface area contributed by atoms with Crippen molar-refractivity contribution in [1.82, 2.24) is 15.0 Å². The molecule has 4 aromatic rings. The lowest BCUT2D eigenvalue weighted by Gasteiger charge is -2.13. The maximum atomic E-state index is 13.0. The summed E-state index contributed by atoms with van der Waals surface area (Å²) in [5.41, 5.74) is 6.09. The summed E-state index contributed by atoms with van der Waals surface area (Å²) in [4.78, 5) is 25.9. The largest absolute Gasteiger partial charge is 0.491 e. The minimum absolute atomic E-state index is 0.0643. The van der Waals surface area contributed by atoms with E-state index < -0.39 is 0 Å². The molecule has 6 heteroatoms. The molecule has 166 valence electrons. The zero-order valence-electron chi connectivity index (χ0n) is 18.9. The van der Waals surface area contributed by atoms with Crippen LogP contribution in [0.3, 0.4) is 0 Å². The molecule has 0 spiro atoms. The lowest BCUT2D eigenvalue weighted by molar-refractivity contribution is 0.102. The third-order valence-electron chi connectivity index (χ3n) is 5.18. The summed E-state index contributed by atoms with van der Waals surface area (Å²) < 4.78 is 5.72. The van der Waals surface area contributed by atoms with Crippen LogP contribution in [-0.2, 0) is 6.42 Å². The highest BCUT2D eigenvalue weighted by Crippen LogP contribution is 2.24. The number of carbonyl (C=O) groups is 1. The molecule has 0 saturated carbocycles. The Morgan fingerprint density at radius 2 is 1.88 bits per heavy atom. The fraction of sp³-hybridized carbons (Fsp3) is 0.185. The third-order valence-corrected chi connectivity index (χ3v) is 5.18. The van der Waals surface area contributed by atoms with E-state index in [1.165, 1.54) is 6.33 Å². The highest BCUT2D eigenvalue weighted by molar-refractivity contribution is 6.04. The van der Waals surface area contributed by atoms with Crippen LogP contribution < -0.4 is 10.1 Å². The number of aromatic nitrogens is 3. The number of aryl methyl sites for hydroxylation is 1. The maximum absolute atomic E-state index is 13.0. The maximum Gasteiger partial charge on any atom is 0.255 e. The minimum Gasteiger partial charge on any atom is -0.491 e. The van der Waals surface area contributed by atoms with Crippen molar-refractivity contribution in [2.24, 2.45) is 0 Å². The standard InChI is InChI=1S/C27H26N4O2/c1-18(2)33-23-7-4-6-22(16-23)31-27(32)20-10-9-19(3)21(14-20)15-26-24(8-5-12-29-26)25-11-13-28-17-30-25/h4-14,16-18H,15H2,1-3H3,(H,31,32). The summed E-state index contributed by atoms with van der Waals surface area (Å²) in [7, 11) is 0. The molecule has 0 radical (unpaired) electrons. The van der Waals surface area contributed by atoms with E-state index in [1.54, 1.807) is 12.4 Å². The number of benzene rings is 2. The molecule has 1 amide bonds. The van der Waals surface area contributed by atoms with Crippen molar-refractivity contribution >= 4 is 11.6 Å². The van der Waals surface area contributed by atoms with Crippen molar-refractivity contribution in [1.29, 1.82) is 0 Å². The van der Waals surface area contributed by atoms with Crippen LogP contribution in [0.2, 0.25) is 0 Å². The van der Waals surface area contributed by atoms with Crippen LogP contribution >= 0.6 is 0 Å². The Bertz CT molecular complexity index is 1260. The van der Waals surface area contributed by atoms with E-state index in [2.05, 4.69) is 20.3 Å². The monoisotopic (exact) mass is 438 g/mol. The van der Waals surface area contributed by atoms with Crippen molar-refractivity contribution in [3.05, 3.63) is 102 Å². The summed E-state index contributed by atoms with van der Waals surface area (Å²) in [6.45, 7) is 5.98. The predicted molar refractivity (Wildman–Crippen MR) is 129 cm³/mol. The number of pyridine rings is 1. The first kappa shape index (κ1) is 22.1. The lowest BCUT2D eigenvalue weighted by Crippen LogP contribution is -2.13. The highest BCUT2D eigenvalue weighted by atomic mass is 16.5. The van der Waals surface area contributed by atoms with E-state index in [0.29, 0.717) is 17.7 Å². The normalized spacial score (nSPS) is 10.8. The first-order chi connectivity index (χ1) is 16.0. The van der Waals surface area contributed by atoms with Crippen LogP contribution in [-0.4, -0.2) is 27.0 Å². The number of carbonyl (C=O) groups excluding carboxylic acids is 1. The molecule has 2 heterocycles. The van der Waals surface area contributed by atoms with Crippen LogP contribution in [0.25, 0.3) is 11.3 Å². The molecule has 33 heavy (non-hydrogen) atoms. The van der Waals surface area contributed by atoms with Crippen molar-refractivity contribution in [3.8, 4) is 17.0 Å². The Labute approximate surface area is 193 Å². The second kappa shape index (κ2) is 10.0. The molecule has 1 N–H and O–H groups in total. The van der Waals surface area contributed by atoms with Gasteiger partial charge in [-0.3, -0.25) is 9.78 Å². The molecule has 2 aromatic heterocycles. The van der Waals surface area contributed by atoms with Gasteiger partial charge in [-0.1, -0.05) is 12.1 Å². The van der Waals surface area contributed by atoms with Crippen LogP contribution in [0.4, 0.5) is 5.69 Å². The Morgan fingerprint density at radius 3 is 2.67 bits per heavy atom. The molecule has 2 aromatic carbocycles. The number of rotatable bonds is 7. The quantitative estimate of drug-likeness (QED) is 0.414. The molecular weight excluding hydrogens is 412 g/mol. The van der Waals surface area contributed by atoms with Gasteiger partial charge in [-0.25, -0.2) is 9.97 Å². The minimum atomic E-state index is -0.171. The number of hydrogen-bond acceptors (Lipinski definition) is 5. The van der Waals surface area contributed by atoms with Crippen LogP contribution in [0, 0.1) is 6.92 Å². The van der Waals surface area contributed by atoms with Gasteiger partial charge < -0.3 is 10.1 Å². The summed E-state index contributed by atoms with van der Waals surface area (Å²) in [5.74, 6) is 0.551. The molecule has 0 bridgehead atoms. The van der Waals surface area contributed by atoms with E-state index in [1.807, 2.05) is 81.4 Å². The van der Waals surface area contributed by atoms with Crippen molar-refractivity contribution in [2.45, 2.75) is 33.3 Å². The summed E-state index contributed by atoms with van der Waals surface area (Å²) in [5, 5.41) is 2.97. The van der Waals surface area contributed by atoms with Gasteiger partial charge in [0.1, 0.15) is 12.1 Å². The van der Waals surface area contributed by atoms with Gasteiger partial charge in [-0.15, -0.1) is 0 Å². The van der Waals surface area contributed by atoms with E-state index in [9.17, 15) is 4.79 Å². The van der Waals surface area contributed by atoms with E-state index in [0.717, 1.165) is 33.8 Å². The topological polar surface area (TPSA) is 77.0 Å². The highest BCUT2D eigenvalue weighted by Gasteiger charge is 2.13. The van der Waals surface area contributed by atoms with Crippen LogP contribution in [0.1, 0.15) is 41.0 Å². The Morgan fingerprint density at radius 1 is 1.00 bits per heavy atom. The second-order valence-electron chi connectivity index (χ2n) is 8.06. The Kier molecular flexibility index (Phi) is 6.74. The first-order valence-corrected chi connectivity index (χ1v) is 10.9. The molecule has 0 unspecified atom stereocenters. The molecular formula is C27H26N4O2. The number of anilines is 1. The van der Waals surface area contributed by atoms with Crippen molar-refractivity contribution in [3.63, 3.8) is 0 Å². The van der Waals surface area contributed by atoms with Gasteiger partial charge in [-0.05, 0) is 74.4 Å². The van der Waals surface area contributed by atoms with Crippen LogP contribution in [0.15, 0.2) is 79.4 Å². The number of nitrogens with zero attached hydrogens (tertiary/aromatic N) is 3. The molecule has 0 atom stereocenters. The van der Waals surface area contributed by atoms with E-state index in [4.69, 9.17) is 4.74 Å². The van der Waals surface area contributed by atoms with Crippen molar-refractivity contribution < 1.29 is 9.53 Å². The van der Waals surface area contributed by atoms with Gasteiger partial charge in [0.2, 0.25) is 0 Å².